The average molecular weight is 455 g/mol. The molecule has 5 rings (SSSR count). The Morgan fingerprint density at radius 3 is 2.03 bits per heavy atom. The van der Waals surface area contributed by atoms with Crippen LogP contribution in [0.5, 0.6) is 5.75 Å². The highest BCUT2D eigenvalue weighted by Gasteiger charge is 2.15. The fourth-order valence-electron chi connectivity index (χ4n) is 4.45. The molecule has 1 aliphatic rings. The van der Waals surface area contributed by atoms with Crippen LogP contribution in [-0.2, 0) is 0 Å². The van der Waals surface area contributed by atoms with Gasteiger partial charge in [0.15, 0.2) is 12.4 Å². The monoisotopic (exact) mass is 454 g/mol. The number of nitrogens with zero attached hydrogens (tertiary/aromatic N) is 2. The number of fused-ring (bicyclic) bond motifs is 1. The predicted octanol–water partition coefficient (Wildman–Crippen LogP) is 6.33. The molecule has 4 aromatic rings. The third-order valence-corrected chi connectivity index (χ3v) is 6.28. The smallest absolute Gasteiger partial charge is 0.180 e. The maximum atomic E-state index is 11.1. The third-order valence-electron chi connectivity index (χ3n) is 6.28. The Labute approximate surface area is 203 Å². The number of ether oxygens (including phenoxy) is 1. The van der Waals surface area contributed by atoms with E-state index in [1.807, 2.05) is 36.4 Å². The third kappa shape index (κ3) is 7.06. The van der Waals surface area contributed by atoms with Crippen molar-refractivity contribution >= 4 is 10.8 Å². The quantitative estimate of drug-likeness (QED) is 0.194. The van der Waals surface area contributed by atoms with Gasteiger partial charge < -0.3 is 14.8 Å². The number of rotatable bonds is 6. The number of hydrogen-bond acceptors (Lipinski definition) is 3. The van der Waals surface area contributed by atoms with Gasteiger partial charge in [-0.1, -0.05) is 67.6 Å². The zero-order valence-electron chi connectivity index (χ0n) is 20.0. The van der Waals surface area contributed by atoms with E-state index in [0.29, 0.717) is 0 Å². The maximum Gasteiger partial charge on any atom is 0.180 e. The van der Waals surface area contributed by atoms with Crippen LogP contribution >= 0.6 is 0 Å². The van der Waals surface area contributed by atoms with Crippen molar-refractivity contribution in [3.63, 3.8) is 0 Å². The molecular weight excluding hydrogens is 420 g/mol. The van der Waals surface area contributed by atoms with Crippen LogP contribution in [0.1, 0.15) is 26.2 Å². The molecule has 1 aliphatic heterocycles. The zero-order chi connectivity index (χ0) is 23.6. The lowest BCUT2D eigenvalue weighted by Crippen LogP contribution is -2.35. The fourth-order valence-corrected chi connectivity index (χ4v) is 4.45. The van der Waals surface area contributed by atoms with Gasteiger partial charge in [-0.15, -0.1) is 0 Å². The topological polar surface area (TPSA) is 39.4 Å². The summed E-state index contributed by atoms with van der Waals surface area (Å²) in [6.07, 6.45) is 6.80. The average Bonchev–Trinajstić information content (AvgIpc) is 2.88. The number of hydrogen-bond donors (Lipinski definition) is 0. The number of piperidine rings is 1. The summed E-state index contributed by atoms with van der Waals surface area (Å²) in [5, 5.41) is 13.7. The van der Waals surface area contributed by atoms with Crippen molar-refractivity contribution in [2.24, 2.45) is 5.92 Å². The zero-order valence-corrected chi connectivity index (χ0v) is 20.0. The summed E-state index contributed by atoms with van der Waals surface area (Å²) >= 11 is 0. The summed E-state index contributed by atoms with van der Waals surface area (Å²) in [5.41, 5.74) is 2.12. The fraction of sp³-hybridized carbons (Fsp3) is 0.300. The van der Waals surface area contributed by atoms with E-state index in [9.17, 15) is 5.21 Å². The summed E-state index contributed by atoms with van der Waals surface area (Å²) in [6, 6.07) is 28.4. The largest absolute Gasteiger partial charge is 0.619 e. The minimum absolute atomic E-state index is 0.756. The molecule has 4 nitrogen and oxygen atoms in total. The van der Waals surface area contributed by atoms with Gasteiger partial charge in [-0.25, -0.2) is 0 Å². The van der Waals surface area contributed by atoms with Crippen LogP contribution in [0.3, 0.4) is 0 Å². The lowest BCUT2D eigenvalue weighted by molar-refractivity contribution is -0.605. The SMILES string of the molecule is CC1CCCN(CCCOc2ccc(-c3cc[n+]([O-])cc3)cc2)C1.c1ccc2ccccc2c1. The van der Waals surface area contributed by atoms with Crippen molar-refractivity contribution < 1.29 is 9.47 Å². The lowest BCUT2D eigenvalue weighted by atomic mass is 10.0. The molecule has 2 heterocycles. The van der Waals surface area contributed by atoms with Crippen LogP contribution in [0.25, 0.3) is 21.9 Å². The summed E-state index contributed by atoms with van der Waals surface area (Å²) in [4.78, 5) is 2.55. The van der Waals surface area contributed by atoms with Crippen molar-refractivity contribution in [1.82, 2.24) is 4.90 Å². The highest BCUT2D eigenvalue weighted by atomic mass is 16.5. The van der Waals surface area contributed by atoms with E-state index in [0.717, 1.165) is 47.1 Å². The van der Waals surface area contributed by atoms with Crippen molar-refractivity contribution in [3.8, 4) is 16.9 Å². The first-order valence-electron chi connectivity index (χ1n) is 12.3. The van der Waals surface area contributed by atoms with Crippen LogP contribution in [0.4, 0.5) is 0 Å². The normalized spacial score (nSPS) is 16.0. The van der Waals surface area contributed by atoms with Gasteiger partial charge in [0.25, 0.3) is 0 Å². The molecule has 176 valence electrons. The summed E-state index contributed by atoms with van der Waals surface area (Å²) < 4.78 is 6.65. The van der Waals surface area contributed by atoms with Gasteiger partial charge in [0.05, 0.1) is 6.61 Å². The van der Waals surface area contributed by atoms with Crippen LogP contribution in [-0.4, -0.2) is 31.1 Å². The molecule has 0 N–H and O–H groups in total. The first-order valence-corrected chi connectivity index (χ1v) is 12.3. The Kier molecular flexibility index (Phi) is 8.53. The number of aromatic nitrogens is 1. The van der Waals surface area contributed by atoms with E-state index in [1.54, 1.807) is 0 Å². The molecule has 34 heavy (non-hydrogen) atoms. The van der Waals surface area contributed by atoms with Gasteiger partial charge in [0.2, 0.25) is 0 Å². The van der Waals surface area contributed by atoms with Gasteiger partial charge in [-0.2, -0.15) is 4.73 Å². The van der Waals surface area contributed by atoms with Crippen molar-refractivity contribution in [3.05, 3.63) is 103 Å². The molecular formula is C30H34N2O2. The Hall–Kier alpha value is -3.37. The van der Waals surface area contributed by atoms with E-state index in [2.05, 4.69) is 60.4 Å². The van der Waals surface area contributed by atoms with Crippen LogP contribution in [0, 0.1) is 11.1 Å². The molecule has 1 unspecified atom stereocenters. The molecule has 4 heteroatoms. The molecule has 0 saturated carbocycles. The van der Waals surface area contributed by atoms with Crippen molar-refractivity contribution in [1.29, 1.82) is 0 Å². The minimum atomic E-state index is 0.756. The number of benzene rings is 3. The first kappa shape index (κ1) is 23.8. The van der Waals surface area contributed by atoms with Crippen LogP contribution < -0.4 is 9.47 Å². The summed E-state index contributed by atoms with van der Waals surface area (Å²) in [7, 11) is 0. The van der Waals surface area contributed by atoms with Gasteiger partial charge in [0, 0.05) is 25.2 Å². The van der Waals surface area contributed by atoms with E-state index < -0.39 is 0 Å². The molecule has 0 amide bonds. The molecule has 1 atom stereocenters. The minimum Gasteiger partial charge on any atom is -0.619 e. The molecule has 1 fully saturated rings. The standard InChI is InChI=1S/C20H26N2O2.C10H8/c1-17-4-2-11-21(16-17)12-3-15-24-20-7-5-18(6-8-20)19-9-13-22(23)14-10-19;1-2-6-10-8-4-3-7-9(10)5-1/h5-10,13-14,17H,2-4,11-12,15-16H2,1H3;1-8H. The van der Waals surface area contributed by atoms with E-state index in [4.69, 9.17) is 4.74 Å². The Morgan fingerprint density at radius 1 is 0.853 bits per heavy atom. The van der Waals surface area contributed by atoms with E-state index in [1.165, 1.54) is 49.1 Å². The van der Waals surface area contributed by atoms with Gasteiger partial charge in [-0.05, 0) is 65.8 Å². The Balaban J connectivity index is 0.000000226. The number of pyridine rings is 1. The highest BCUT2D eigenvalue weighted by Crippen LogP contribution is 2.22. The second-order valence-electron chi connectivity index (χ2n) is 9.07. The molecule has 1 aromatic heterocycles. The highest BCUT2D eigenvalue weighted by molar-refractivity contribution is 5.82. The van der Waals surface area contributed by atoms with Crippen LogP contribution in [0.15, 0.2) is 97.3 Å². The van der Waals surface area contributed by atoms with Gasteiger partial charge >= 0.3 is 0 Å². The predicted molar refractivity (Wildman–Crippen MR) is 140 cm³/mol. The molecule has 0 bridgehead atoms. The molecule has 0 spiro atoms. The van der Waals surface area contributed by atoms with E-state index >= 15 is 0 Å². The van der Waals surface area contributed by atoms with Crippen molar-refractivity contribution in [2.75, 3.05) is 26.2 Å². The number of likely N-dealkylation sites (tertiary alicyclic amines) is 1. The van der Waals surface area contributed by atoms with Crippen LogP contribution in [0.2, 0.25) is 0 Å². The summed E-state index contributed by atoms with van der Waals surface area (Å²) in [5.74, 6) is 1.74. The van der Waals surface area contributed by atoms with Gasteiger partial charge in [-0.3, -0.25) is 0 Å². The molecule has 1 saturated heterocycles. The van der Waals surface area contributed by atoms with E-state index in [-0.39, 0.29) is 0 Å². The summed E-state index contributed by atoms with van der Waals surface area (Å²) in [6.45, 7) is 6.69. The molecule has 0 aliphatic carbocycles. The first-order chi connectivity index (χ1) is 16.7. The second kappa shape index (κ2) is 12.2. The second-order valence-corrected chi connectivity index (χ2v) is 9.07. The lowest BCUT2D eigenvalue weighted by Gasteiger charge is -2.30. The molecule has 0 radical (unpaired) electrons. The Morgan fingerprint density at radius 2 is 1.44 bits per heavy atom. The van der Waals surface area contributed by atoms with Crippen molar-refractivity contribution in [2.45, 2.75) is 26.2 Å². The maximum absolute atomic E-state index is 11.1. The Bertz CT molecular complexity index is 1080. The van der Waals surface area contributed by atoms with Gasteiger partial charge in [0.1, 0.15) is 5.75 Å². The molecule has 3 aromatic carbocycles.